The second-order valence-electron chi connectivity index (χ2n) is 4.29. The Morgan fingerprint density at radius 3 is 2.21 bits per heavy atom. The molecule has 0 heterocycles. The summed E-state index contributed by atoms with van der Waals surface area (Å²) in [6.07, 6.45) is 1.09. The maximum atomic E-state index is 11.8. The van der Waals surface area contributed by atoms with Crippen LogP contribution in [0.1, 0.15) is 38.3 Å². The van der Waals surface area contributed by atoms with Gasteiger partial charge in [-0.25, -0.2) is 9.59 Å². The standard InChI is InChI=1S/C14H20N2O3/c1-3-11(10-8-6-5-7-9-10)15-14(19)16-12(4-2)13(17)18/h5-9,11-12H,3-4H2,1-2H3,(H,17,18)(H2,15,16,19)/t11?,12-/m1/s1. The number of carbonyl (C=O) groups excluding carboxylic acids is 1. The molecule has 0 aliphatic carbocycles. The first kappa shape index (κ1) is 15.0. The topological polar surface area (TPSA) is 78.4 Å². The van der Waals surface area contributed by atoms with E-state index in [1.54, 1.807) is 6.92 Å². The molecule has 1 unspecified atom stereocenters. The normalized spacial score (nSPS) is 13.4. The third-order valence-corrected chi connectivity index (χ3v) is 2.93. The van der Waals surface area contributed by atoms with Gasteiger partial charge in [0, 0.05) is 0 Å². The highest BCUT2D eigenvalue weighted by molar-refractivity contribution is 5.82. The molecular formula is C14H20N2O3. The van der Waals surface area contributed by atoms with Crippen molar-refractivity contribution in [3.8, 4) is 0 Å². The van der Waals surface area contributed by atoms with Crippen LogP contribution in [0.25, 0.3) is 0 Å². The SMILES string of the molecule is CCC(NC(=O)N[C@H](CC)C(=O)O)c1ccccc1. The molecule has 5 nitrogen and oxygen atoms in total. The molecule has 0 fully saturated rings. The molecule has 5 heteroatoms. The molecule has 0 radical (unpaired) electrons. The molecule has 0 spiro atoms. The fourth-order valence-electron chi connectivity index (χ4n) is 1.80. The zero-order valence-electron chi connectivity index (χ0n) is 11.2. The van der Waals surface area contributed by atoms with E-state index in [-0.39, 0.29) is 6.04 Å². The van der Waals surface area contributed by atoms with Gasteiger partial charge < -0.3 is 15.7 Å². The van der Waals surface area contributed by atoms with Gasteiger partial charge in [-0.05, 0) is 18.4 Å². The van der Waals surface area contributed by atoms with Crippen molar-refractivity contribution in [1.29, 1.82) is 0 Å². The van der Waals surface area contributed by atoms with Gasteiger partial charge in [0.05, 0.1) is 6.04 Å². The molecule has 2 amide bonds. The average Bonchev–Trinajstić information content (AvgIpc) is 2.42. The molecule has 2 atom stereocenters. The van der Waals surface area contributed by atoms with E-state index >= 15 is 0 Å². The number of carboxylic acids is 1. The summed E-state index contributed by atoms with van der Waals surface area (Å²) in [5.41, 5.74) is 1.00. The molecule has 3 N–H and O–H groups in total. The lowest BCUT2D eigenvalue weighted by molar-refractivity contribution is -0.139. The van der Waals surface area contributed by atoms with E-state index in [0.717, 1.165) is 12.0 Å². The van der Waals surface area contributed by atoms with E-state index in [1.807, 2.05) is 37.3 Å². The minimum atomic E-state index is -1.02. The Bertz CT molecular complexity index is 420. The first-order chi connectivity index (χ1) is 9.08. The van der Waals surface area contributed by atoms with Gasteiger partial charge in [0.1, 0.15) is 6.04 Å². The van der Waals surface area contributed by atoms with Gasteiger partial charge in [0.2, 0.25) is 0 Å². The summed E-state index contributed by atoms with van der Waals surface area (Å²) in [4.78, 5) is 22.6. The van der Waals surface area contributed by atoms with Crippen molar-refractivity contribution >= 4 is 12.0 Å². The van der Waals surface area contributed by atoms with E-state index in [9.17, 15) is 9.59 Å². The summed E-state index contributed by atoms with van der Waals surface area (Å²) in [7, 11) is 0. The van der Waals surface area contributed by atoms with Crippen LogP contribution in [0.3, 0.4) is 0 Å². The average molecular weight is 264 g/mol. The summed E-state index contributed by atoms with van der Waals surface area (Å²) in [6, 6.07) is 8.17. The Kier molecular flexibility index (Phi) is 5.85. The van der Waals surface area contributed by atoms with Crippen LogP contribution in [0, 0.1) is 0 Å². The smallest absolute Gasteiger partial charge is 0.326 e. The van der Waals surface area contributed by atoms with Crippen LogP contribution in [-0.4, -0.2) is 23.1 Å². The lowest BCUT2D eigenvalue weighted by atomic mass is 10.1. The van der Waals surface area contributed by atoms with E-state index < -0.39 is 18.0 Å². The highest BCUT2D eigenvalue weighted by Crippen LogP contribution is 2.15. The molecule has 104 valence electrons. The molecule has 0 aliphatic heterocycles. The first-order valence-electron chi connectivity index (χ1n) is 6.43. The molecular weight excluding hydrogens is 244 g/mol. The predicted octanol–water partition coefficient (Wildman–Crippen LogP) is 2.30. The van der Waals surface area contributed by atoms with Crippen molar-refractivity contribution in [2.24, 2.45) is 0 Å². The number of amides is 2. The van der Waals surface area contributed by atoms with Crippen LogP contribution in [0.15, 0.2) is 30.3 Å². The molecule has 1 rings (SSSR count). The number of hydrogen-bond acceptors (Lipinski definition) is 2. The lowest BCUT2D eigenvalue weighted by Gasteiger charge is -2.19. The summed E-state index contributed by atoms with van der Waals surface area (Å²) in [5, 5.41) is 14.1. The summed E-state index contributed by atoms with van der Waals surface area (Å²) < 4.78 is 0. The number of nitrogens with one attached hydrogen (secondary N) is 2. The van der Waals surface area contributed by atoms with Gasteiger partial charge in [-0.1, -0.05) is 44.2 Å². The van der Waals surface area contributed by atoms with E-state index in [2.05, 4.69) is 10.6 Å². The quantitative estimate of drug-likeness (QED) is 0.737. The van der Waals surface area contributed by atoms with Crippen LogP contribution in [0.5, 0.6) is 0 Å². The molecule has 1 aromatic carbocycles. The number of aliphatic carboxylic acids is 1. The van der Waals surface area contributed by atoms with Gasteiger partial charge >= 0.3 is 12.0 Å². The minimum absolute atomic E-state index is 0.118. The molecule has 1 aromatic rings. The van der Waals surface area contributed by atoms with Crippen LogP contribution in [0.4, 0.5) is 4.79 Å². The number of urea groups is 1. The van der Waals surface area contributed by atoms with Crippen molar-refractivity contribution in [1.82, 2.24) is 10.6 Å². The monoisotopic (exact) mass is 264 g/mol. The fourth-order valence-corrected chi connectivity index (χ4v) is 1.80. The summed E-state index contributed by atoms with van der Waals surface area (Å²) in [6.45, 7) is 3.68. The third kappa shape index (κ3) is 4.62. The molecule has 0 saturated heterocycles. The third-order valence-electron chi connectivity index (χ3n) is 2.93. The van der Waals surface area contributed by atoms with Crippen molar-refractivity contribution in [2.75, 3.05) is 0 Å². The first-order valence-corrected chi connectivity index (χ1v) is 6.43. The van der Waals surface area contributed by atoms with Gasteiger partial charge in [-0.15, -0.1) is 0 Å². The molecule has 0 aromatic heterocycles. The van der Waals surface area contributed by atoms with E-state index in [1.165, 1.54) is 0 Å². The Balaban J connectivity index is 2.61. The Morgan fingerprint density at radius 2 is 1.74 bits per heavy atom. The van der Waals surface area contributed by atoms with Crippen molar-refractivity contribution < 1.29 is 14.7 Å². The van der Waals surface area contributed by atoms with Crippen molar-refractivity contribution in [3.05, 3.63) is 35.9 Å². The predicted molar refractivity (Wildman–Crippen MR) is 72.9 cm³/mol. The van der Waals surface area contributed by atoms with Crippen molar-refractivity contribution in [3.63, 3.8) is 0 Å². The highest BCUT2D eigenvalue weighted by Gasteiger charge is 2.19. The highest BCUT2D eigenvalue weighted by atomic mass is 16.4. The molecule has 0 aliphatic rings. The van der Waals surface area contributed by atoms with Crippen LogP contribution < -0.4 is 10.6 Å². The molecule has 0 bridgehead atoms. The Morgan fingerprint density at radius 1 is 1.11 bits per heavy atom. The summed E-state index contributed by atoms with van der Waals surface area (Å²) >= 11 is 0. The number of carboxylic acid groups (broad SMARTS) is 1. The van der Waals surface area contributed by atoms with Gasteiger partial charge in [0.25, 0.3) is 0 Å². The second-order valence-corrected chi connectivity index (χ2v) is 4.29. The van der Waals surface area contributed by atoms with Crippen LogP contribution >= 0.6 is 0 Å². The Labute approximate surface area is 113 Å². The maximum absolute atomic E-state index is 11.8. The van der Waals surface area contributed by atoms with Gasteiger partial charge in [0.15, 0.2) is 0 Å². The van der Waals surface area contributed by atoms with E-state index in [4.69, 9.17) is 5.11 Å². The molecule has 19 heavy (non-hydrogen) atoms. The van der Waals surface area contributed by atoms with Gasteiger partial charge in [-0.3, -0.25) is 0 Å². The molecule has 0 saturated carbocycles. The number of rotatable bonds is 6. The Hall–Kier alpha value is -2.04. The number of benzene rings is 1. The zero-order valence-corrected chi connectivity index (χ0v) is 11.2. The zero-order chi connectivity index (χ0) is 14.3. The van der Waals surface area contributed by atoms with Crippen molar-refractivity contribution in [2.45, 2.75) is 38.8 Å². The lowest BCUT2D eigenvalue weighted by Crippen LogP contribution is -2.46. The summed E-state index contributed by atoms with van der Waals surface area (Å²) in [5.74, 6) is -1.02. The van der Waals surface area contributed by atoms with Gasteiger partial charge in [-0.2, -0.15) is 0 Å². The second kappa shape index (κ2) is 7.41. The van der Waals surface area contributed by atoms with Crippen LogP contribution in [-0.2, 0) is 4.79 Å². The minimum Gasteiger partial charge on any atom is -0.480 e. The van der Waals surface area contributed by atoms with E-state index in [0.29, 0.717) is 6.42 Å². The number of carbonyl (C=O) groups is 2. The maximum Gasteiger partial charge on any atom is 0.326 e. The number of hydrogen-bond donors (Lipinski definition) is 3. The fraction of sp³-hybridized carbons (Fsp3) is 0.429. The largest absolute Gasteiger partial charge is 0.480 e. The van der Waals surface area contributed by atoms with Crippen LogP contribution in [0.2, 0.25) is 0 Å².